The molecule has 2 rings (SSSR count). The van der Waals surface area contributed by atoms with E-state index in [2.05, 4.69) is 33.6 Å². The highest BCUT2D eigenvalue weighted by Crippen LogP contribution is 2.24. The van der Waals surface area contributed by atoms with Gasteiger partial charge in [-0.2, -0.15) is 12.6 Å². The van der Waals surface area contributed by atoms with Crippen molar-refractivity contribution in [2.24, 2.45) is 0 Å². The molecule has 150 valence electrons. The molecular weight excluding hydrogens is 396 g/mol. The quantitative estimate of drug-likeness (QED) is 0.350. The number of anilines is 1. The lowest BCUT2D eigenvalue weighted by Crippen LogP contribution is -2.47. The molecule has 7 nitrogen and oxygen atoms in total. The molecule has 0 saturated carbocycles. The minimum Gasteiger partial charge on any atom is -0.354 e. The van der Waals surface area contributed by atoms with Gasteiger partial charge in [0.05, 0.1) is 5.69 Å². The first-order valence-corrected chi connectivity index (χ1v) is 10.5. The third-order valence-corrected chi connectivity index (χ3v) is 4.95. The zero-order valence-electron chi connectivity index (χ0n) is 15.6. The number of carbonyl (C=O) groups is 3. The summed E-state index contributed by atoms with van der Waals surface area (Å²) in [6.07, 6.45) is 1.64. The summed E-state index contributed by atoms with van der Waals surface area (Å²) in [6.45, 7) is 1.79. The topological polar surface area (TPSA) is 100 Å². The van der Waals surface area contributed by atoms with E-state index in [1.165, 1.54) is 18.3 Å². The molecule has 2 aromatic rings. The van der Waals surface area contributed by atoms with E-state index >= 15 is 0 Å². The van der Waals surface area contributed by atoms with Gasteiger partial charge >= 0.3 is 0 Å². The van der Waals surface area contributed by atoms with Crippen molar-refractivity contribution < 1.29 is 14.4 Å². The molecule has 1 atom stereocenters. The monoisotopic (exact) mass is 420 g/mol. The molecule has 1 aromatic heterocycles. The van der Waals surface area contributed by atoms with Crippen LogP contribution < -0.4 is 16.0 Å². The Kier molecular flexibility index (Phi) is 8.96. The molecule has 1 heterocycles. The number of hydrogen-bond acceptors (Lipinski definition) is 6. The van der Waals surface area contributed by atoms with Gasteiger partial charge in [0.25, 0.3) is 0 Å². The van der Waals surface area contributed by atoms with E-state index in [0.29, 0.717) is 30.9 Å². The van der Waals surface area contributed by atoms with E-state index in [1.807, 2.05) is 35.7 Å². The van der Waals surface area contributed by atoms with Crippen LogP contribution in [0.3, 0.4) is 0 Å². The summed E-state index contributed by atoms with van der Waals surface area (Å²) in [6, 6.07) is 9.13. The van der Waals surface area contributed by atoms with Gasteiger partial charge < -0.3 is 16.0 Å². The molecule has 0 saturated heterocycles. The summed E-state index contributed by atoms with van der Waals surface area (Å²) in [5.41, 5.74) is 1.84. The van der Waals surface area contributed by atoms with E-state index < -0.39 is 6.04 Å². The summed E-state index contributed by atoms with van der Waals surface area (Å²) in [7, 11) is 0. The van der Waals surface area contributed by atoms with E-state index in [9.17, 15) is 14.4 Å². The summed E-state index contributed by atoms with van der Waals surface area (Å²) < 4.78 is 0. The van der Waals surface area contributed by atoms with Crippen molar-refractivity contribution in [3.63, 3.8) is 0 Å². The molecule has 0 bridgehead atoms. The summed E-state index contributed by atoms with van der Waals surface area (Å²) in [4.78, 5) is 39.4. The SMILES string of the molecule is CC(=O)N[C@@H](CS)C(=O)NCCCCC(=O)Nc1nc(-c2ccccc2)cs1. The second-order valence-electron chi connectivity index (χ2n) is 6.14. The first-order valence-electron chi connectivity index (χ1n) is 8.96. The summed E-state index contributed by atoms with van der Waals surface area (Å²) in [5.74, 6) is -0.423. The third kappa shape index (κ3) is 7.32. The lowest BCUT2D eigenvalue weighted by Gasteiger charge is -2.15. The highest BCUT2D eigenvalue weighted by Gasteiger charge is 2.16. The Hall–Kier alpha value is -2.39. The van der Waals surface area contributed by atoms with Crippen LogP contribution in [0.2, 0.25) is 0 Å². The Labute approximate surface area is 173 Å². The molecule has 1 aromatic carbocycles. The second kappa shape index (κ2) is 11.5. The van der Waals surface area contributed by atoms with Gasteiger partial charge in [0.1, 0.15) is 6.04 Å². The van der Waals surface area contributed by atoms with Crippen molar-refractivity contribution in [3.05, 3.63) is 35.7 Å². The Bertz CT molecular complexity index is 795. The number of rotatable bonds is 10. The van der Waals surface area contributed by atoms with Crippen LogP contribution in [0.1, 0.15) is 26.2 Å². The molecule has 0 unspecified atom stereocenters. The average molecular weight is 421 g/mol. The van der Waals surface area contributed by atoms with Gasteiger partial charge in [-0.3, -0.25) is 14.4 Å². The minimum atomic E-state index is -0.646. The van der Waals surface area contributed by atoms with Crippen molar-refractivity contribution in [1.82, 2.24) is 15.6 Å². The van der Waals surface area contributed by atoms with E-state index in [1.54, 1.807) is 0 Å². The fraction of sp³-hybridized carbons (Fsp3) is 0.368. The van der Waals surface area contributed by atoms with Crippen LogP contribution in [-0.4, -0.2) is 41.0 Å². The fourth-order valence-corrected chi connectivity index (χ4v) is 3.43. The number of nitrogens with one attached hydrogen (secondary N) is 3. The zero-order valence-corrected chi connectivity index (χ0v) is 17.3. The van der Waals surface area contributed by atoms with Gasteiger partial charge in [-0.1, -0.05) is 30.3 Å². The molecule has 3 N–H and O–H groups in total. The predicted molar refractivity (Wildman–Crippen MR) is 114 cm³/mol. The third-order valence-electron chi connectivity index (χ3n) is 3.83. The van der Waals surface area contributed by atoms with E-state index in [0.717, 1.165) is 11.3 Å². The molecule has 0 aliphatic rings. The number of benzene rings is 1. The molecule has 3 amide bonds. The number of unbranched alkanes of at least 4 members (excludes halogenated alkanes) is 1. The minimum absolute atomic E-state index is 0.105. The van der Waals surface area contributed by atoms with Crippen molar-refractivity contribution in [2.75, 3.05) is 17.6 Å². The lowest BCUT2D eigenvalue weighted by atomic mass is 10.2. The number of carbonyl (C=O) groups excluding carboxylic acids is 3. The molecule has 0 fully saturated rings. The number of aromatic nitrogens is 1. The van der Waals surface area contributed by atoms with Crippen LogP contribution in [0.15, 0.2) is 35.7 Å². The maximum atomic E-state index is 12.0. The van der Waals surface area contributed by atoms with Gasteiger partial charge in [0.15, 0.2) is 5.13 Å². The van der Waals surface area contributed by atoms with Gasteiger partial charge in [-0.05, 0) is 12.8 Å². The van der Waals surface area contributed by atoms with Crippen LogP contribution in [0.5, 0.6) is 0 Å². The number of nitrogens with zero attached hydrogens (tertiary/aromatic N) is 1. The smallest absolute Gasteiger partial charge is 0.243 e. The fourth-order valence-electron chi connectivity index (χ4n) is 2.44. The largest absolute Gasteiger partial charge is 0.354 e. The molecule has 9 heteroatoms. The molecular formula is C19H24N4O3S2. The van der Waals surface area contributed by atoms with Crippen molar-refractivity contribution >= 4 is 46.8 Å². The molecule has 0 radical (unpaired) electrons. The summed E-state index contributed by atoms with van der Waals surface area (Å²) in [5, 5.41) is 10.6. The predicted octanol–water partition coefficient (Wildman–Crippen LogP) is 2.47. The second-order valence-corrected chi connectivity index (χ2v) is 7.36. The number of thiazole rings is 1. The highest BCUT2D eigenvalue weighted by molar-refractivity contribution is 7.80. The Balaban J connectivity index is 1.66. The number of amides is 3. The lowest BCUT2D eigenvalue weighted by molar-refractivity contribution is -0.127. The van der Waals surface area contributed by atoms with Gasteiger partial charge in [0.2, 0.25) is 17.7 Å². The Morgan fingerprint density at radius 1 is 1.18 bits per heavy atom. The Morgan fingerprint density at radius 2 is 1.93 bits per heavy atom. The van der Waals surface area contributed by atoms with E-state index in [4.69, 9.17) is 0 Å². The molecule has 28 heavy (non-hydrogen) atoms. The highest BCUT2D eigenvalue weighted by atomic mass is 32.1. The zero-order chi connectivity index (χ0) is 20.4. The van der Waals surface area contributed by atoms with Crippen LogP contribution in [0.25, 0.3) is 11.3 Å². The summed E-state index contributed by atoms with van der Waals surface area (Å²) >= 11 is 5.45. The van der Waals surface area contributed by atoms with Crippen molar-refractivity contribution in [3.8, 4) is 11.3 Å². The molecule has 0 aliphatic heterocycles. The van der Waals surface area contributed by atoms with Crippen LogP contribution in [-0.2, 0) is 14.4 Å². The van der Waals surface area contributed by atoms with Gasteiger partial charge in [0, 0.05) is 36.6 Å². The Morgan fingerprint density at radius 3 is 2.61 bits per heavy atom. The first-order chi connectivity index (χ1) is 13.5. The van der Waals surface area contributed by atoms with Gasteiger partial charge in [-0.15, -0.1) is 11.3 Å². The van der Waals surface area contributed by atoms with Crippen molar-refractivity contribution in [1.29, 1.82) is 0 Å². The maximum Gasteiger partial charge on any atom is 0.243 e. The molecule has 0 aliphatic carbocycles. The maximum absolute atomic E-state index is 12.0. The molecule has 0 spiro atoms. The van der Waals surface area contributed by atoms with Gasteiger partial charge in [-0.25, -0.2) is 4.98 Å². The first kappa shape index (κ1) is 21.9. The van der Waals surface area contributed by atoms with Crippen LogP contribution in [0.4, 0.5) is 5.13 Å². The number of thiol groups is 1. The van der Waals surface area contributed by atoms with E-state index in [-0.39, 0.29) is 23.5 Å². The number of hydrogen-bond donors (Lipinski definition) is 4. The normalized spacial score (nSPS) is 11.5. The van der Waals surface area contributed by atoms with Crippen LogP contribution in [0, 0.1) is 0 Å². The standard InChI is InChI=1S/C19H24N4O3S2/c1-13(24)21-15(11-27)18(26)20-10-6-5-9-17(25)23-19-22-16(12-28-19)14-7-3-2-4-8-14/h2-4,7-8,12,15,27H,5-6,9-11H2,1H3,(H,20,26)(H,21,24)(H,22,23,25)/t15-/m0/s1. The average Bonchev–Trinajstić information content (AvgIpc) is 3.14. The van der Waals surface area contributed by atoms with Crippen LogP contribution >= 0.6 is 24.0 Å². The van der Waals surface area contributed by atoms with Crippen molar-refractivity contribution in [2.45, 2.75) is 32.2 Å².